The molecule has 0 unspecified atom stereocenters. The Hall–Kier alpha value is -6.05. The summed E-state index contributed by atoms with van der Waals surface area (Å²) in [6.07, 6.45) is 0.406. The number of likely N-dealkylation sites (tertiary alicyclic amines) is 1. The van der Waals surface area contributed by atoms with Crippen molar-refractivity contribution in [1.82, 2.24) is 35.6 Å². The number of aliphatic carboxylic acids is 1. The number of aryl methyl sites for hydroxylation is 1. The quantitative estimate of drug-likeness (QED) is 0.0638. The fourth-order valence-corrected chi connectivity index (χ4v) is 7.48. The van der Waals surface area contributed by atoms with Crippen molar-refractivity contribution >= 4 is 58.2 Å². The molecule has 6 amide bonds. The molecule has 1 saturated heterocycles. The zero-order chi connectivity index (χ0) is 47.3. The smallest absolute Gasteiger partial charge is 0.407 e. The summed E-state index contributed by atoms with van der Waals surface area (Å²) < 4.78 is 18.2. The lowest BCUT2D eigenvalue weighted by Gasteiger charge is -2.39. The molecule has 356 valence electrons. The summed E-state index contributed by atoms with van der Waals surface area (Å²) in [5, 5.41) is 23.6. The summed E-state index contributed by atoms with van der Waals surface area (Å²) >= 11 is 0. The van der Waals surface area contributed by atoms with Crippen molar-refractivity contribution in [2.24, 2.45) is 5.92 Å². The average Bonchev–Trinajstić information content (AvgIpc) is 3.64. The van der Waals surface area contributed by atoms with Gasteiger partial charge in [0.1, 0.15) is 18.7 Å². The molecule has 0 saturated carbocycles. The van der Waals surface area contributed by atoms with Crippen molar-refractivity contribution in [1.29, 1.82) is 0 Å². The zero-order valence-electron chi connectivity index (χ0n) is 38.2. The molecule has 3 aromatic rings. The fourth-order valence-electron chi connectivity index (χ4n) is 7.48. The van der Waals surface area contributed by atoms with Crippen LogP contribution in [0.25, 0.3) is 10.9 Å². The second-order valence-electron chi connectivity index (χ2n) is 16.2. The van der Waals surface area contributed by atoms with E-state index in [1.807, 2.05) is 24.1 Å². The highest BCUT2D eigenvalue weighted by atomic mass is 16.5. The average molecular weight is 907 g/mol. The number of carbonyl (C=O) groups is 7. The minimum absolute atomic E-state index is 0.0358. The number of ether oxygens (including phenoxy) is 3. The molecule has 19 nitrogen and oxygen atoms in total. The van der Waals surface area contributed by atoms with E-state index in [4.69, 9.17) is 19.3 Å². The van der Waals surface area contributed by atoms with E-state index in [1.54, 1.807) is 43.0 Å². The van der Waals surface area contributed by atoms with Crippen LogP contribution in [0.3, 0.4) is 0 Å². The summed E-state index contributed by atoms with van der Waals surface area (Å²) in [4.78, 5) is 92.6. The second kappa shape index (κ2) is 26.7. The first-order valence-electron chi connectivity index (χ1n) is 22.2. The number of carbonyl (C=O) groups excluding carboxylic acids is 6. The normalized spacial score (nSPS) is 13.8. The fraction of sp³-hybridized carbons (Fsp3) is 0.543. The first-order valence-corrected chi connectivity index (χ1v) is 22.2. The van der Waals surface area contributed by atoms with Gasteiger partial charge in [0, 0.05) is 82.0 Å². The number of fused-ring (bicyclic) bond motifs is 1. The molecule has 2 heterocycles. The lowest BCUT2D eigenvalue weighted by Crippen LogP contribution is -2.54. The molecule has 1 fully saturated rings. The number of hydrogen-bond donors (Lipinski definition) is 6. The van der Waals surface area contributed by atoms with Crippen molar-refractivity contribution in [3.05, 3.63) is 65.9 Å². The number of piperidine rings is 1. The molecule has 4 rings (SSSR count). The van der Waals surface area contributed by atoms with Crippen LogP contribution in [-0.4, -0.2) is 139 Å². The Bertz CT molecular complexity index is 2050. The van der Waals surface area contributed by atoms with E-state index in [1.165, 1.54) is 14.0 Å². The Morgan fingerprint density at radius 2 is 1.51 bits per heavy atom. The summed E-state index contributed by atoms with van der Waals surface area (Å²) in [5.74, 6) is -3.09. The van der Waals surface area contributed by atoms with Crippen LogP contribution in [0, 0.1) is 5.92 Å². The summed E-state index contributed by atoms with van der Waals surface area (Å²) in [6, 6.07) is 14.8. The van der Waals surface area contributed by atoms with Crippen molar-refractivity contribution in [3.63, 3.8) is 0 Å². The van der Waals surface area contributed by atoms with E-state index >= 15 is 0 Å². The van der Waals surface area contributed by atoms with Gasteiger partial charge in [-0.15, -0.1) is 0 Å². The number of carboxylic acid groups (broad SMARTS) is 1. The number of hydrogen-bond acceptors (Lipinski definition) is 11. The van der Waals surface area contributed by atoms with Gasteiger partial charge in [0.05, 0.1) is 32.8 Å². The number of anilines is 1. The van der Waals surface area contributed by atoms with E-state index < -0.39 is 41.9 Å². The van der Waals surface area contributed by atoms with Gasteiger partial charge in [-0.05, 0) is 67.9 Å². The third-order valence-electron chi connectivity index (χ3n) is 11.1. The molecule has 1 aromatic heterocycles. The third kappa shape index (κ3) is 16.8. The first kappa shape index (κ1) is 51.6. The van der Waals surface area contributed by atoms with E-state index in [-0.39, 0.29) is 82.6 Å². The van der Waals surface area contributed by atoms with E-state index in [2.05, 4.69) is 49.4 Å². The van der Waals surface area contributed by atoms with Crippen molar-refractivity contribution in [2.45, 2.75) is 97.1 Å². The Morgan fingerprint density at radius 1 is 0.815 bits per heavy atom. The highest BCUT2D eigenvalue weighted by Gasteiger charge is 2.31. The minimum atomic E-state index is -0.984. The van der Waals surface area contributed by atoms with Crippen LogP contribution in [0.1, 0.15) is 70.6 Å². The highest BCUT2D eigenvalue weighted by molar-refractivity contribution is 5.98. The molecule has 19 heteroatoms. The molecule has 1 aliphatic rings. The monoisotopic (exact) mass is 906 g/mol. The van der Waals surface area contributed by atoms with Crippen molar-refractivity contribution in [3.8, 4) is 0 Å². The Labute approximate surface area is 380 Å². The number of alkyl carbamates (subject to hydrolysis) is 1. The van der Waals surface area contributed by atoms with Gasteiger partial charge < -0.3 is 60.3 Å². The Kier molecular flexibility index (Phi) is 21.2. The molecule has 0 spiro atoms. The van der Waals surface area contributed by atoms with Gasteiger partial charge in [-0.1, -0.05) is 44.2 Å². The van der Waals surface area contributed by atoms with Crippen molar-refractivity contribution < 1.29 is 52.9 Å². The van der Waals surface area contributed by atoms with Gasteiger partial charge in [0.25, 0.3) is 0 Å². The van der Waals surface area contributed by atoms with Gasteiger partial charge >= 0.3 is 12.1 Å². The van der Waals surface area contributed by atoms with Crippen LogP contribution in [0.4, 0.5) is 10.5 Å². The number of nitrogens with one attached hydrogen (secondary N) is 5. The first-order chi connectivity index (χ1) is 31.2. The predicted octanol–water partition coefficient (Wildman–Crippen LogP) is 3.00. The number of rotatable bonds is 26. The summed E-state index contributed by atoms with van der Waals surface area (Å²) in [7, 11) is 3.35. The number of aromatic nitrogens is 1. The van der Waals surface area contributed by atoms with Gasteiger partial charge in [-0.25, -0.2) is 4.79 Å². The predicted molar refractivity (Wildman–Crippen MR) is 242 cm³/mol. The summed E-state index contributed by atoms with van der Waals surface area (Å²) in [6.45, 7) is 8.10. The van der Waals surface area contributed by atoms with Crippen LogP contribution in [0.2, 0.25) is 0 Å². The zero-order valence-corrected chi connectivity index (χ0v) is 38.2. The minimum Gasteiger partial charge on any atom is -0.481 e. The van der Waals surface area contributed by atoms with Gasteiger partial charge in [-0.3, -0.25) is 28.8 Å². The van der Waals surface area contributed by atoms with Crippen LogP contribution in [0.15, 0.2) is 54.6 Å². The van der Waals surface area contributed by atoms with Crippen LogP contribution in [0.5, 0.6) is 0 Å². The molecule has 0 bridgehead atoms. The third-order valence-corrected chi connectivity index (χ3v) is 11.1. The largest absolute Gasteiger partial charge is 0.481 e. The van der Waals surface area contributed by atoms with E-state index in [0.717, 1.165) is 16.6 Å². The van der Waals surface area contributed by atoms with Gasteiger partial charge in [0.2, 0.25) is 29.5 Å². The van der Waals surface area contributed by atoms with Crippen molar-refractivity contribution in [2.75, 3.05) is 65.5 Å². The molecule has 2 aromatic carbocycles. The molecule has 0 radical (unpaired) electrons. The number of amides is 6. The molecule has 6 N–H and O–H groups in total. The van der Waals surface area contributed by atoms with E-state index in [9.17, 15) is 33.6 Å². The van der Waals surface area contributed by atoms with Gasteiger partial charge in [0.15, 0.2) is 0 Å². The lowest BCUT2D eigenvalue weighted by molar-refractivity contribution is -0.139. The number of nitrogens with zero attached hydrogens (tertiary/aromatic N) is 3. The molecule has 1 aliphatic heterocycles. The number of para-hydroxylation sites is 1. The van der Waals surface area contributed by atoms with Crippen LogP contribution < -0.4 is 26.6 Å². The molecule has 0 aliphatic carbocycles. The molecular formula is C46H66N8O11. The maximum Gasteiger partial charge on any atom is 0.407 e. The SMILES string of the molecule is CNCc1cc2ccccc2n1CCC(=O)N1CCC(N(CCOCCOCCC(=O)O)C(=O)CCC(=O)N[C@H](C(=O)N[C@@H](C)C(=O)Nc2ccc(COC(=O)NC)cc2)C(C)C)CC1. The van der Waals surface area contributed by atoms with Crippen LogP contribution >= 0.6 is 0 Å². The standard InChI is InChI=1S/C46H66N8O11/c1-31(2)43(45(61)49-32(3)44(60)50-35-12-10-33(11-13-35)30-65-46(62)48-5)51-39(55)14-15-41(57)54(23-25-64-27-26-63-24-19-42(58)59)36-16-20-52(21-17-36)40(56)18-22-53-37(29-47-4)28-34-8-6-7-9-38(34)53/h6-13,28,31-32,36,43,47H,14-27,29-30H2,1-5H3,(H,48,62)(H,49,61)(H,50,60)(H,51,55)(H,58,59)/t32-,43-/m0/s1. The summed E-state index contributed by atoms with van der Waals surface area (Å²) in [5.41, 5.74) is 3.36. The Morgan fingerprint density at radius 3 is 2.17 bits per heavy atom. The van der Waals surface area contributed by atoms with Crippen LogP contribution in [-0.2, 0) is 62.7 Å². The molecular weight excluding hydrogens is 841 g/mol. The topological polar surface area (TPSA) is 239 Å². The second-order valence-corrected chi connectivity index (χ2v) is 16.2. The lowest BCUT2D eigenvalue weighted by atomic mass is 10.0. The van der Waals surface area contributed by atoms with Gasteiger partial charge in [-0.2, -0.15) is 0 Å². The Balaban J connectivity index is 1.29. The number of carboxylic acids is 1. The molecule has 2 atom stereocenters. The van der Waals surface area contributed by atoms with E-state index in [0.29, 0.717) is 56.7 Å². The maximum atomic E-state index is 13.8. The number of benzene rings is 2. The highest BCUT2D eigenvalue weighted by Crippen LogP contribution is 2.23. The maximum absolute atomic E-state index is 13.8. The molecule has 65 heavy (non-hydrogen) atoms.